The number of halogens is 2. The molecule has 0 fully saturated rings. The van der Waals surface area contributed by atoms with E-state index in [1.54, 1.807) is 24.5 Å². The van der Waals surface area contributed by atoms with Crippen molar-refractivity contribution in [2.45, 2.75) is 36.2 Å². The number of pyridine rings is 1. The average molecular weight is 606 g/mol. The summed E-state index contributed by atoms with van der Waals surface area (Å²) < 4.78 is 28.3. The van der Waals surface area contributed by atoms with Gasteiger partial charge in [0.05, 0.1) is 0 Å². The van der Waals surface area contributed by atoms with Gasteiger partial charge in [-0.3, -0.25) is 0 Å². The molecular formula is C25H26FIN5O4-. The molecule has 2 aliphatic rings. The summed E-state index contributed by atoms with van der Waals surface area (Å²) in [6.07, 6.45) is 5.59. The summed E-state index contributed by atoms with van der Waals surface area (Å²) in [4.78, 5) is 33.5. The molecule has 1 atom stereocenters. The van der Waals surface area contributed by atoms with Crippen LogP contribution in [0.4, 0.5) is 15.8 Å². The number of H-pyrrole nitrogens is 1. The number of nitrogens with zero attached hydrogens (tertiary/aromatic N) is 1. The molecule has 1 aromatic carbocycles. The summed E-state index contributed by atoms with van der Waals surface area (Å²) in [7, 11) is 1.39. The van der Waals surface area contributed by atoms with Gasteiger partial charge in [0.1, 0.15) is 0 Å². The predicted octanol–water partition coefficient (Wildman–Crippen LogP) is 0.653. The molecule has 2 aliphatic heterocycles. The van der Waals surface area contributed by atoms with Crippen molar-refractivity contribution in [3.63, 3.8) is 0 Å². The van der Waals surface area contributed by atoms with Crippen molar-refractivity contribution in [1.82, 2.24) is 18.8 Å². The SMILES string of the molecule is COc1c(F)cccc1Nc1c2[nH]c3c1C(=O)N[C@@](C)(C3)[I-]NC(=O)CCCCOc1cnccc1-2. The van der Waals surface area contributed by atoms with Gasteiger partial charge in [-0.1, -0.05) is 0 Å². The second kappa shape index (κ2) is 9.96. The van der Waals surface area contributed by atoms with Crippen molar-refractivity contribution in [2.75, 3.05) is 19.0 Å². The van der Waals surface area contributed by atoms with Gasteiger partial charge in [0.25, 0.3) is 0 Å². The summed E-state index contributed by atoms with van der Waals surface area (Å²) in [6, 6.07) is 6.38. The van der Waals surface area contributed by atoms with Gasteiger partial charge in [-0.15, -0.1) is 0 Å². The van der Waals surface area contributed by atoms with Crippen LogP contribution in [0.1, 0.15) is 42.2 Å². The van der Waals surface area contributed by atoms with Gasteiger partial charge in [0.15, 0.2) is 0 Å². The summed E-state index contributed by atoms with van der Waals surface area (Å²) >= 11 is -0.883. The number of aromatic nitrogens is 2. The molecule has 3 aromatic rings. The maximum absolute atomic E-state index is 14.5. The number of methoxy groups -OCH3 is 1. The molecule has 0 saturated heterocycles. The first-order valence-electron chi connectivity index (χ1n) is 11.6. The van der Waals surface area contributed by atoms with Crippen molar-refractivity contribution in [1.29, 1.82) is 0 Å². The second-order valence-corrected chi connectivity index (χ2v) is 12.3. The molecule has 2 amide bonds. The summed E-state index contributed by atoms with van der Waals surface area (Å²) in [6.45, 7) is 2.36. The predicted molar refractivity (Wildman–Crippen MR) is 127 cm³/mol. The number of fused-ring (bicyclic) bond motifs is 4. The molecule has 0 spiro atoms. The van der Waals surface area contributed by atoms with Crippen LogP contribution in [0.25, 0.3) is 11.3 Å². The first kappa shape index (κ1) is 24.3. The van der Waals surface area contributed by atoms with E-state index in [9.17, 15) is 14.0 Å². The Morgan fingerprint density at radius 3 is 2.94 bits per heavy atom. The van der Waals surface area contributed by atoms with Gasteiger partial charge >= 0.3 is 219 Å². The number of ether oxygens (including phenoxy) is 2. The maximum atomic E-state index is 14.5. The topological polar surface area (TPSA) is 117 Å². The molecular weight excluding hydrogens is 580 g/mol. The van der Waals surface area contributed by atoms with Crippen LogP contribution >= 0.6 is 0 Å². The number of aromatic amines is 1. The minimum absolute atomic E-state index is 0.0197. The number of hydrogen-bond donors (Lipinski definition) is 4. The summed E-state index contributed by atoms with van der Waals surface area (Å²) in [5.74, 6) is -0.236. The fraction of sp³-hybridized carbons (Fsp3) is 0.320. The molecule has 36 heavy (non-hydrogen) atoms. The third-order valence-electron chi connectivity index (χ3n) is 6.09. The molecule has 0 saturated carbocycles. The van der Waals surface area contributed by atoms with Crippen molar-refractivity contribution >= 4 is 23.2 Å². The number of rotatable bonds is 3. The van der Waals surface area contributed by atoms with E-state index in [-0.39, 0.29) is 17.6 Å². The molecule has 2 aromatic heterocycles. The first-order chi connectivity index (χ1) is 17.4. The Kier molecular flexibility index (Phi) is 6.73. The minimum atomic E-state index is -0.883. The standard InChI is InChI=1S/C25H26FIN5O4/c1-25-12-17-20(24(34)31-25)22(29-16-7-5-6-15(26)23(16)35-2)21(30-17)14-9-10-28-13-18(14)36-11-4-3-8-19(33)32-27-25/h5-7,9-10,13,29-30H,3-4,8,11-12H2,1-2H3,(H,31,34)(H,32,33)/q-1/t25-/m0/s1. The molecule has 4 heterocycles. The number of carbonyl (C=O) groups excluding carboxylic acids is 2. The van der Waals surface area contributed by atoms with E-state index in [2.05, 4.69) is 24.1 Å². The summed E-state index contributed by atoms with van der Waals surface area (Å²) in [5.41, 5.74) is 3.36. The molecule has 5 rings (SSSR count). The average Bonchev–Trinajstić information content (AvgIpc) is 3.20. The first-order valence-corrected chi connectivity index (χ1v) is 13.7. The van der Waals surface area contributed by atoms with Gasteiger partial charge in [-0.05, 0) is 0 Å². The normalized spacial score (nSPS) is 20.0. The Bertz CT molecular complexity index is 1330. The van der Waals surface area contributed by atoms with E-state index < -0.39 is 30.8 Å². The van der Waals surface area contributed by atoms with E-state index >= 15 is 0 Å². The van der Waals surface area contributed by atoms with Gasteiger partial charge in [-0.2, -0.15) is 0 Å². The van der Waals surface area contributed by atoms with Crippen LogP contribution < -0.4 is 45.1 Å². The molecule has 0 aliphatic carbocycles. The Hall–Kier alpha value is -3.35. The monoisotopic (exact) mass is 606 g/mol. The van der Waals surface area contributed by atoms with Crippen LogP contribution in [-0.2, 0) is 11.2 Å². The third kappa shape index (κ3) is 4.71. The molecule has 0 unspecified atom stereocenters. The number of amides is 2. The number of benzene rings is 1. The van der Waals surface area contributed by atoms with Crippen LogP contribution in [0.2, 0.25) is 0 Å². The zero-order valence-electron chi connectivity index (χ0n) is 19.8. The number of para-hydroxylation sites is 1. The molecule has 190 valence electrons. The van der Waals surface area contributed by atoms with E-state index in [0.29, 0.717) is 66.2 Å². The Morgan fingerprint density at radius 2 is 2.11 bits per heavy atom. The molecule has 9 nitrogen and oxygen atoms in total. The fourth-order valence-electron chi connectivity index (χ4n) is 4.42. The van der Waals surface area contributed by atoms with Gasteiger partial charge in [0.2, 0.25) is 0 Å². The number of carbonyl (C=O) groups is 2. The number of anilines is 2. The van der Waals surface area contributed by atoms with Crippen molar-refractivity contribution < 1.29 is 44.9 Å². The van der Waals surface area contributed by atoms with Gasteiger partial charge in [-0.25, -0.2) is 0 Å². The zero-order chi connectivity index (χ0) is 25.3. The van der Waals surface area contributed by atoms with Crippen LogP contribution in [0.5, 0.6) is 11.5 Å². The molecule has 0 radical (unpaired) electrons. The molecule has 11 heteroatoms. The van der Waals surface area contributed by atoms with Crippen LogP contribution in [0.3, 0.4) is 0 Å². The van der Waals surface area contributed by atoms with Crippen molar-refractivity contribution in [3.8, 4) is 22.8 Å². The van der Waals surface area contributed by atoms with E-state index in [0.717, 1.165) is 5.69 Å². The molecule has 4 N–H and O–H groups in total. The summed E-state index contributed by atoms with van der Waals surface area (Å²) in [5, 5.41) is 6.35. The van der Waals surface area contributed by atoms with Gasteiger partial charge in [0, 0.05) is 0 Å². The van der Waals surface area contributed by atoms with Gasteiger partial charge < -0.3 is 0 Å². The Balaban J connectivity index is 1.67. The number of nitrogens with one attached hydrogen (secondary N) is 4. The van der Waals surface area contributed by atoms with Crippen LogP contribution in [0.15, 0.2) is 36.7 Å². The van der Waals surface area contributed by atoms with E-state index in [1.165, 1.54) is 13.2 Å². The molecule has 3 bridgehead atoms. The van der Waals surface area contributed by atoms with Crippen molar-refractivity contribution in [3.05, 3.63) is 53.7 Å². The van der Waals surface area contributed by atoms with E-state index in [4.69, 9.17) is 9.47 Å². The number of hydrogen-bond acceptors (Lipinski definition) is 6. The third-order valence-corrected chi connectivity index (χ3v) is 8.80. The van der Waals surface area contributed by atoms with Crippen LogP contribution in [-0.4, -0.2) is 39.0 Å². The van der Waals surface area contributed by atoms with E-state index in [1.807, 2.05) is 13.0 Å². The van der Waals surface area contributed by atoms with Crippen LogP contribution in [0, 0.1) is 5.82 Å². The fourth-order valence-corrected chi connectivity index (χ4v) is 6.54. The second-order valence-electron chi connectivity index (χ2n) is 8.79. The van der Waals surface area contributed by atoms with Crippen molar-refractivity contribution in [2.24, 2.45) is 0 Å². The number of alkyl halides is 1. The quantitative estimate of drug-likeness (QED) is 0.151. The Morgan fingerprint density at radius 1 is 1.25 bits per heavy atom. The zero-order valence-corrected chi connectivity index (χ0v) is 22.0. The Labute approximate surface area is 218 Å².